The molecule has 0 saturated heterocycles. The largest absolute Gasteiger partial charge is 0.506 e. The van der Waals surface area contributed by atoms with Crippen molar-refractivity contribution in [2.75, 3.05) is 5.32 Å². The fraction of sp³-hybridized carbons (Fsp3) is 0.364. The molecule has 0 radical (unpaired) electrons. The molecule has 160 valence electrons. The number of phenolic OH excluding ortho intramolecular Hbond substituents is 1. The van der Waals surface area contributed by atoms with E-state index in [-0.39, 0.29) is 16.3 Å². The van der Waals surface area contributed by atoms with Gasteiger partial charge in [0.2, 0.25) is 0 Å². The predicted molar refractivity (Wildman–Crippen MR) is 108 cm³/mol. The highest BCUT2D eigenvalue weighted by Gasteiger charge is 2.62. The molecule has 3 atom stereocenters. The first kappa shape index (κ1) is 20.9. The maximum atomic E-state index is 14.2. The van der Waals surface area contributed by atoms with Crippen LogP contribution in [0.5, 0.6) is 5.75 Å². The average molecular weight is 440 g/mol. The van der Waals surface area contributed by atoms with Gasteiger partial charge in [-0.3, -0.25) is 0 Å². The van der Waals surface area contributed by atoms with Gasteiger partial charge in [-0.05, 0) is 48.1 Å². The SMILES string of the molecule is CC[C@H]1C[C@@](O)(C(F)(F)F)[C@H](Nc2cccc3c2C=COC3)c2ccc(Cl)c(O)c21. The van der Waals surface area contributed by atoms with Crippen LogP contribution in [0.4, 0.5) is 18.9 Å². The lowest BCUT2D eigenvalue weighted by atomic mass is 9.69. The van der Waals surface area contributed by atoms with E-state index < -0.39 is 30.2 Å². The van der Waals surface area contributed by atoms with Gasteiger partial charge in [0, 0.05) is 16.8 Å². The standard InChI is InChI=1S/C22H21ClF3NO3/c1-2-12-10-21(29,22(24,25)26)20(15-6-7-16(23)19(28)18(12)15)27-17-5-3-4-13-11-30-9-8-14(13)17/h3-9,12,20,27-29H,2,10-11H2,1H3/t12-,20+,21-/m0/s1. The summed E-state index contributed by atoms with van der Waals surface area (Å²) in [5.74, 6) is -0.929. The molecular formula is C22H21ClF3NO3. The molecule has 0 bridgehead atoms. The van der Waals surface area contributed by atoms with Crippen LogP contribution in [0.25, 0.3) is 6.08 Å². The number of benzene rings is 2. The van der Waals surface area contributed by atoms with Crippen molar-refractivity contribution in [3.63, 3.8) is 0 Å². The van der Waals surface area contributed by atoms with Gasteiger partial charge in [0.15, 0.2) is 5.60 Å². The molecule has 2 aromatic rings. The minimum absolute atomic E-state index is 0.0700. The zero-order valence-electron chi connectivity index (χ0n) is 16.1. The van der Waals surface area contributed by atoms with Crippen molar-refractivity contribution in [2.24, 2.45) is 0 Å². The Bertz CT molecular complexity index is 1010. The van der Waals surface area contributed by atoms with Crippen molar-refractivity contribution in [2.45, 2.75) is 50.1 Å². The smallest absolute Gasteiger partial charge is 0.419 e. The quantitative estimate of drug-likeness (QED) is 0.558. The Morgan fingerprint density at radius 1 is 1.27 bits per heavy atom. The van der Waals surface area contributed by atoms with E-state index in [2.05, 4.69) is 5.32 Å². The van der Waals surface area contributed by atoms with Crippen LogP contribution in [0.2, 0.25) is 5.02 Å². The minimum atomic E-state index is -4.89. The van der Waals surface area contributed by atoms with E-state index in [1.807, 2.05) is 6.07 Å². The molecule has 4 nitrogen and oxygen atoms in total. The zero-order valence-corrected chi connectivity index (χ0v) is 16.9. The third-order valence-corrected chi connectivity index (χ3v) is 6.31. The Labute approximate surface area is 176 Å². The number of anilines is 1. The van der Waals surface area contributed by atoms with Gasteiger partial charge in [-0.15, -0.1) is 0 Å². The number of rotatable bonds is 3. The second-order valence-corrected chi connectivity index (χ2v) is 8.11. The number of aliphatic hydroxyl groups is 1. The zero-order chi connectivity index (χ0) is 21.7. The van der Waals surface area contributed by atoms with E-state index in [4.69, 9.17) is 16.3 Å². The number of aromatic hydroxyl groups is 1. The second-order valence-electron chi connectivity index (χ2n) is 7.70. The number of halogens is 4. The average Bonchev–Trinajstić information content (AvgIpc) is 2.71. The molecule has 0 aromatic heterocycles. The lowest BCUT2D eigenvalue weighted by Gasteiger charge is -2.46. The highest BCUT2D eigenvalue weighted by atomic mass is 35.5. The van der Waals surface area contributed by atoms with E-state index in [0.717, 1.165) is 5.56 Å². The summed E-state index contributed by atoms with van der Waals surface area (Å²) in [6.45, 7) is 2.03. The summed E-state index contributed by atoms with van der Waals surface area (Å²) in [7, 11) is 0. The minimum Gasteiger partial charge on any atom is -0.506 e. The van der Waals surface area contributed by atoms with Gasteiger partial charge in [0.1, 0.15) is 12.4 Å². The van der Waals surface area contributed by atoms with Gasteiger partial charge in [0.05, 0.1) is 17.3 Å². The first-order valence-electron chi connectivity index (χ1n) is 9.64. The molecule has 2 aliphatic rings. The van der Waals surface area contributed by atoms with E-state index in [0.29, 0.717) is 29.8 Å². The van der Waals surface area contributed by atoms with Gasteiger partial charge >= 0.3 is 6.18 Å². The Hall–Kier alpha value is -2.38. The normalized spacial score (nSPS) is 25.3. The van der Waals surface area contributed by atoms with Crippen molar-refractivity contribution in [3.05, 3.63) is 63.9 Å². The van der Waals surface area contributed by atoms with Crippen LogP contribution < -0.4 is 5.32 Å². The van der Waals surface area contributed by atoms with E-state index in [1.54, 1.807) is 25.1 Å². The van der Waals surface area contributed by atoms with Crippen LogP contribution >= 0.6 is 11.6 Å². The molecule has 3 N–H and O–H groups in total. The summed E-state index contributed by atoms with van der Waals surface area (Å²) in [6.07, 6.45) is -2.01. The molecule has 1 heterocycles. The fourth-order valence-electron chi connectivity index (χ4n) is 4.43. The number of alkyl halides is 3. The van der Waals surface area contributed by atoms with Crippen LogP contribution in [0, 0.1) is 0 Å². The van der Waals surface area contributed by atoms with Gasteiger partial charge < -0.3 is 20.3 Å². The van der Waals surface area contributed by atoms with Gasteiger partial charge in [-0.25, -0.2) is 0 Å². The predicted octanol–water partition coefficient (Wildman–Crippen LogP) is 5.89. The molecule has 0 fully saturated rings. The van der Waals surface area contributed by atoms with Crippen LogP contribution in [-0.4, -0.2) is 22.0 Å². The maximum Gasteiger partial charge on any atom is 0.419 e. The summed E-state index contributed by atoms with van der Waals surface area (Å²) in [4.78, 5) is 0. The monoisotopic (exact) mass is 439 g/mol. The maximum absolute atomic E-state index is 14.2. The third-order valence-electron chi connectivity index (χ3n) is 6.01. The van der Waals surface area contributed by atoms with Crippen LogP contribution in [0.3, 0.4) is 0 Å². The number of hydrogen-bond acceptors (Lipinski definition) is 4. The number of hydrogen-bond donors (Lipinski definition) is 3. The molecular weight excluding hydrogens is 419 g/mol. The molecule has 4 rings (SSSR count). The number of nitrogens with one attached hydrogen (secondary N) is 1. The van der Waals surface area contributed by atoms with E-state index in [1.165, 1.54) is 18.4 Å². The van der Waals surface area contributed by atoms with Gasteiger partial charge in [-0.1, -0.05) is 36.7 Å². The summed E-state index contributed by atoms with van der Waals surface area (Å²) in [5, 5.41) is 24.5. The molecule has 2 aromatic carbocycles. The summed E-state index contributed by atoms with van der Waals surface area (Å²) < 4.78 is 47.8. The summed E-state index contributed by atoms with van der Waals surface area (Å²) in [6, 6.07) is 6.48. The molecule has 1 aliphatic heterocycles. The molecule has 0 amide bonds. The fourth-order valence-corrected chi connectivity index (χ4v) is 4.59. The summed E-state index contributed by atoms with van der Waals surface area (Å²) in [5.41, 5.74) is -0.540. The number of fused-ring (bicyclic) bond motifs is 2. The molecule has 0 saturated carbocycles. The Morgan fingerprint density at radius 3 is 2.73 bits per heavy atom. The Morgan fingerprint density at radius 2 is 2.03 bits per heavy atom. The molecule has 8 heteroatoms. The highest BCUT2D eigenvalue weighted by Crippen LogP contribution is 2.56. The molecule has 1 aliphatic carbocycles. The van der Waals surface area contributed by atoms with Crippen LogP contribution in [0.1, 0.15) is 54.0 Å². The van der Waals surface area contributed by atoms with Crippen molar-refractivity contribution in [1.82, 2.24) is 0 Å². The van der Waals surface area contributed by atoms with Crippen LogP contribution in [0.15, 0.2) is 36.6 Å². The van der Waals surface area contributed by atoms with Crippen molar-refractivity contribution in [3.8, 4) is 5.75 Å². The van der Waals surface area contributed by atoms with Gasteiger partial charge in [-0.2, -0.15) is 13.2 Å². The van der Waals surface area contributed by atoms with E-state index >= 15 is 0 Å². The first-order valence-corrected chi connectivity index (χ1v) is 10.0. The molecule has 30 heavy (non-hydrogen) atoms. The van der Waals surface area contributed by atoms with Gasteiger partial charge in [0.25, 0.3) is 0 Å². The third kappa shape index (κ3) is 3.20. The lowest BCUT2D eigenvalue weighted by Crippen LogP contribution is -2.55. The topological polar surface area (TPSA) is 61.7 Å². The summed E-state index contributed by atoms with van der Waals surface area (Å²) >= 11 is 6.05. The van der Waals surface area contributed by atoms with Crippen molar-refractivity contribution < 1.29 is 28.1 Å². The number of ether oxygens (including phenoxy) is 1. The highest BCUT2D eigenvalue weighted by molar-refractivity contribution is 6.32. The second kappa shape index (κ2) is 7.39. The lowest BCUT2D eigenvalue weighted by molar-refractivity contribution is -0.272. The Balaban J connectivity index is 1.90. The van der Waals surface area contributed by atoms with Crippen molar-refractivity contribution >= 4 is 23.4 Å². The van der Waals surface area contributed by atoms with E-state index in [9.17, 15) is 23.4 Å². The first-order chi connectivity index (χ1) is 14.2. The number of phenols is 1. The molecule has 0 spiro atoms. The van der Waals surface area contributed by atoms with Crippen LogP contribution in [-0.2, 0) is 11.3 Å². The Kier molecular flexibility index (Phi) is 5.14. The molecule has 0 unspecified atom stereocenters. The van der Waals surface area contributed by atoms with Crippen molar-refractivity contribution in [1.29, 1.82) is 0 Å².